The zero-order chi connectivity index (χ0) is 7.97. The topological polar surface area (TPSA) is 12.0 Å². The predicted molar refractivity (Wildman–Crippen MR) is 47.9 cm³/mol. The molecule has 2 radical (unpaired) electrons. The van der Waals surface area contributed by atoms with Gasteiger partial charge < -0.3 is 5.32 Å². The van der Waals surface area contributed by atoms with Crippen molar-refractivity contribution in [3.05, 3.63) is 18.8 Å². The lowest BCUT2D eigenvalue weighted by molar-refractivity contribution is 0.337. The first-order valence-electron chi connectivity index (χ1n) is 5.13. The first kappa shape index (κ1) is 6.99. The van der Waals surface area contributed by atoms with Gasteiger partial charge in [-0.3, -0.25) is 0 Å². The Labute approximate surface area is 74.2 Å². The molecule has 2 fully saturated rings. The normalized spacial score (nSPS) is 41.0. The predicted octanol–water partition coefficient (Wildman–Crippen LogP) is 2.19. The molecule has 1 N–H and O–H groups in total. The molecule has 0 amide bonds. The van der Waals surface area contributed by atoms with E-state index in [2.05, 4.69) is 24.1 Å². The van der Waals surface area contributed by atoms with Crippen molar-refractivity contribution < 1.29 is 0 Å². The van der Waals surface area contributed by atoms with Crippen molar-refractivity contribution in [2.75, 3.05) is 0 Å². The summed E-state index contributed by atoms with van der Waals surface area (Å²) in [4.78, 5) is 0. The molecule has 2 atom stereocenters. The van der Waals surface area contributed by atoms with Crippen LogP contribution in [0.25, 0.3) is 0 Å². The Morgan fingerprint density at radius 1 is 1.08 bits per heavy atom. The zero-order valence-electron chi connectivity index (χ0n) is 7.29. The van der Waals surface area contributed by atoms with Gasteiger partial charge in [0.2, 0.25) is 0 Å². The van der Waals surface area contributed by atoms with Crippen molar-refractivity contribution in [3.63, 3.8) is 0 Å². The second-order valence-corrected chi connectivity index (χ2v) is 4.43. The minimum Gasteiger partial charge on any atom is -0.381 e. The second kappa shape index (κ2) is 2.51. The van der Waals surface area contributed by atoms with Crippen LogP contribution >= 0.6 is 0 Å². The molecule has 3 rings (SSSR count). The Hall–Kier alpha value is -0.460. The zero-order valence-corrected chi connectivity index (χ0v) is 7.29. The molecule has 2 saturated carbocycles. The summed E-state index contributed by atoms with van der Waals surface area (Å²) in [6, 6.07) is 0. The van der Waals surface area contributed by atoms with E-state index in [1.807, 2.05) is 0 Å². The lowest BCUT2D eigenvalue weighted by Gasteiger charge is -2.27. The van der Waals surface area contributed by atoms with Gasteiger partial charge >= 0.3 is 0 Å². The highest BCUT2D eigenvalue weighted by molar-refractivity contribution is 5.09. The molecule has 1 heteroatoms. The van der Waals surface area contributed by atoms with Crippen LogP contribution in [-0.2, 0) is 0 Å². The fourth-order valence-corrected chi connectivity index (χ4v) is 2.34. The van der Waals surface area contributed by atoms with Crippen molar-refractivity contribution in [3.8, 4) is 0 Å². The average molecular weight is 161 g/mol. The minimum absolute atomic E-state index is 0.738. The molecule has 2 unspecified atom stereocenters. The van der Waals surface area contributed by atoms with Crippen molar-refractivity contribution in [2.45, 2.75) is 25.7 Å². The summed E-state index contributed by atoms with van der Waals surface area (Å²) in [5.41, 5.74) is 0. The number of hydrogen-bond acceptors (Lipinski definition) is 1. The van der Waals surface area contributed by atoms with Crippen molar-refractivity contribution in [2.24, 2.45) is 23.7 Å². The van der Waals surface area contributed by atoms with E-state index in [0.717, 1.165) is 23.7 Å². The van der Waals surface area contributed by atoms with Crippen LogP contribution in [0.1, 0.15) is 25.7 Å². The third-order valence-corrected chi connectivity index (χ3v) is 3.36. The lowest BCUT2D eigenvalue weighted by Crippen LogP contribution is -2.27. The van der Waals surface area contributed by atoms with E-state index in [1.165, 1.54) is 25.7 Å². The standard InChI is InChI=1S/C11H15N/c1-2-8(1)10-5-6-12-7-11(10)9-3-4-9/h5-6,8-12H,1-4H2. The first-order valence-corrected chi connectivity index (χ1v) is 5.13. The van der Waals surface area contributed by atoms with Crippen molar-refractivity contribution in [1.29, 1.82) is 0 Å². The number of nitrogens with one attached hydrogen (secondary N) is 1. The van der Waals surface area contributed by atoms with Crippen LogP contribution in [-0.4, -0.2) is 0 Å². The fourth-order valence-electron chi connectivity index (χ4n) is 2.34. The summed E-state index contributed by atoms with van der Waals surface area (Å²) in [5.74, 6) is 3.54. The molecule has 0 aromatic carbocycles. The molecule has 12 heavy (non-hydrogen) atoms. The van der Waals surface area contributed by atoms with Crippen LogP contribution in [0, 0.1) is 30.2 Å². The Morgan fingerprint density at radius 2 is 1.83 bits per heavy atom. The molecular weight excluding hydrogens is 146 g/mol. The van der Waals surface area contributed by atoms with Gasteiger partial charge in [0.25, 0.3) is 0 Å². The largest absolute Gasteiger partial charge is 0.381 e. The molecule has 0 aromatic rings. The van der Waals surface area contributed by atoms with Gasteiger partial charge in [-0.2, -0.15) is 0 Å². The quantitative estimate of drug-likeness (QED) is 0.654. The van der Waals surface area contributed by atoms with Crippen LogP contribution in [0.5, 0.6) is 0 Å². The molecule has 0 bridgehead atoms. The van der Waals surface area contributed by atoms with Gasteiger partial charge in [0.1, 0.15) is 0 Å². The number of allylic oxidation sites excluding steroid dienone is 1. The second-order valence-electron chi connectivity index (χ2n) is 4.43. The highest BCUT2D eigenvalue weighted by Gasteiger charge is 2.43. The highest BCUT2D eigenvalue weighted by atomic mass is 14.9. The van der Waals surface area contributed by atoms with E-state index in [9.17, 15) is 0 Å². The van der Waals surface area contributed by atoms with Gasteiger partial charge in [-0.25, -0.2) is 0 Å². The average Bonchev–Trinajstić information content (AvgIpc) is 2.99. The van der Waals surface area contributed by atoms with Crippen molar-refractivity contribution in [1.82, 2.24) is 5.32 Å². The Bertz CT molecular complexity index is 201. The fraction of sp³-hybridized carbons (Fsp3) is 0.727. The van der Waals surface area contributed by atoms with E-state index in [4.69, 9.17) is 0 Å². The van der Waals surface area contributed by atoms with Gasteiger partial charge in [-0.15, -0.1) is 0 Å². The summed E-state index contributed by atoms with van der Waals surface area (Å²) in [5, 5.41) is 3.14. The number of rotatable bonds is 2. The van der Waals surface area contributed by atoms with Crippen molar-refractivity contribution >= 4 is 0 Å². The lowest BCUT2D eigenvalue weighted by atomic mass is 9.83. The minimum atomic E-state index is 0.738. The SMILES string of the molecule is [C]1NC=CC(C2CC2)C1C1CC1. The van der Waals surface area contributed by atoms with Gasteiger partial charge in [0.05, 0.1) is 6.54 Å². The third-order valence-electron chi connectivity index (χ3n) is 3.36. The summed E-state index contributed by atoms with van der Waals surface area (Å²) in [6.45, 7) is 3.42. The van der Waals surface area contributed by atoms with Crippen LogP contribution in [0.2, 0.25) is 0 Å². The molecule has 2 aliphatic carbocycles. The smallest absolute Gasteiger partial charge is 0.0919 e. The molecule has 1 aliphatic heterocycles. The molecule has 0 saturated heterocycles. The Morgan fingerprint density at radius 3 is 2.50 bits per heavy atom. The first-order chi connectivity index (χ1) is 5.95. The molecule has 3 aliphatic rings. The summed E-state index contributed by atoms with van der Waals surface area (Å²) in [7, 11) is 0. The van der Waals surface area contributed by atoms with E-state index in [-0.39, 0.29) is 0 Å². The monoisotopic (exact) mass is 161 g/mol. The maximum Gasteiger partial charge on any atom is 0.0919 e. The molecule has 1 heterocycles. The van der Waals surface area contributed by atoms with Gasteiger partial charge in [-0.05, 0) is 55.6 Å². The summed E-state index contributed by atoms with van der Waals surface area (Å²) >= 11 is 0. The van der Waals surface area contributed by atoms with Gasteiger partial charge in [0, 0.05) is 0 Å². The van der Waals surface area contributed by atoms with Crippen LogP contribution in [0.4, 0.5) is 0 Å². The molecule has 64 valence electrons. The van der Waals surface area contributed by atoms with Crippen LogP contribution in [0.15, 0.2) is 12.3 Å². The van der Waals surface area contributed by atoms with E-state index in [0.29, 0.717) is 0 Å². The van der Waals surface area contributed by atoms with E-state index < -0.39 is 0 Å². The molecule has 1 nitrogen and oxygen atoms in total. The molecular formula is C11H15N. The van der Waals surface area contributed by atoms with Crippen LogP contribution < -0.4 is 5.32 Å². The highest BCUT2D eigenvalue weighted by Crippen LogP contribution is 2.50. The summed E-state index contributed by atoms with van der Waals surface area (Å²) in [6.07, 6.45) is 10.2. The molecule has 0 aromatic heterocycles. The number of hydrogen-bond donors (Lipinski definition) is 1. The third kappa shape index (κ3) is 1.16. The van der Waals surface area contributed by atoms with Gasteiger partial charge in [-0.1, -0.05) is 6.08 Å². The Balaban J connectivity index is 1.75. The Kier molecular flexibility index (Phi) is 1.46. The molecule has 0 spiro atoms. The maximum absolute atomic E-state index is 3.42. The van der Waals surface area contributed by atoms with Crippen LogP contribution in [0.3, 0.4) is 0 Å². The summed E-state index contributed by atoms with van der Waals surface area (Å²) < 4.78 is 0. The van der Waals surface area contributed by atoms with E-state index in [1.54, 1.807) is 0 Å². The van der Waals surface area contributed by atoms with E-state index >= 15 is 0 Å². The van der Waals surface area contributed by atoms with Gasteiger partial charge in [0.15, 0.2) is 0 Å². The maximum atomic E-state index is 3.42.